The van der Waals surface area contributed by atoms with Crippen molar-refractivity contribution in [1.29, 1.82) is 0 Å². The van der Waals surface area contributed by atoms with Crippen LogP contribution < -0.4 is 5.32 Å². The zero-order chi connectivity index (χ0) is 24.8. The lowest BCUT2D eigenvalue weighted by Crippen LogP contribution is -2.43. The van der Waals surface area contributed by atoms with Gasteiger partial charge in [0.15, 0.2) is 0 Å². The number of thioether (sulfide) groups is 1. The zero-order valence-electron chi connectivity index (χ0n) is 19.9. The van der Waals surface area contributed by atoms with Crippen molar-refractivity contribution in [2.45, 2.75) is 76.7 Å². The van der Waals surface area contributed by atoms with E-state index in [4.69, 9.17) is 0 Å². The Bertz CT molecular complexity index is 858. The topological polar surface area (TPSA) is 71.0 Å². The number of allylic oxidation sites excluding steroid dienone is 2. The molecule has 1 aliphatic carbocycles. The van der Waals surface area contributed by atoms with Crippen LogP contribution in [0.1, 0.15) is 64.2 Å². The van der Waals surface area contributed by atoms with Crippen molar-refractivity contribution in [3.8, 4) is 0 Å². The minimum absolute atomic E-state index is 0.00359. The first-order chi connectivity index (χ1) is 16.8. The average Bonchev–Trinajstić information content (AvgIpc) is 3.28. The molecule has 0 aromatic heterocycles. The number of fused-ring (bicyclic) bond motifs is 1. The van der Waals surface area contributed by atoms with Gasteiger partial charge in [0.25, 0.3) is 5.91 Å². The van der Waals surface area contributed by atoms with Gasteiger partial charge in [-0.15, -0.1) is 13.2 Å². The van der Waals surface area contributed by atoms with Crippen LogP contribution in [0.4, 0.5) is 13.2 Å². The molecule has 0 aromatic carbocycles. The number of amides is 2. The van der Waals surface area contributed by atoms with Crippen LogP contribution >= 0.6 is 11.8 Å². The summed E-state index contributed by atoms with van der Waals surface area (Å²) in [6, 6.07) is 0. The van der Waals surface area contributed by atoms with Crippen molar-refractivity contribution in [1.82, 2.24) is 10.2 Å². The highest BCUT2D eigenvalue weighted by atomic mass is 32.2. The van der Waals surface area contributed by atoms with E-state index in [0.29, 0.717) is 31.2 Å². The Kier molecular flexibility index (Phi) is 8.97. The number of carbonyl (C=O) groups excluding carboxylic acids is 2. The number of ether oxygens (including phenoxy) is 1. The third-order valence-corrected chi connectivity index (χ3v) is 8.60. The molecule has 0 spiro atoms. The number of hydrogen-bond donors (Lipinski definition) is 1. The van der Waals surface area contributed by atoms with Gasteiger partial charge in [0.05, 0.1) is 11.0 Å². The lowest BCUT2D eigenvalue weighted by Gasteiger charge is -2.36. The number of alkyl halides is 3. The molecule has 1 atom stereocenters. The summed E-state index contributed by atoms with van der Waals surface area (Å²) in [5.74, 6) is 0.793. The molecule has 4 rings (SSSR count). The van der Waals surface area contributed by atoms with E-state index < -0.39 is 12.5 Å². The van der Waals surface area contributed by atoms with Gasteiger partial charge in [0.1, 0.15) is 0 Å². The normalized spacial score (nSPS) is 27.3. The fourth-order valence-electron chi connectivity index (χ4n) is 5.39. The van der Waals surface area contributed by atoms with E-state index in [1.165, 1.54) is 11.8 Å². The van der Waals surface area contributed by atoms with E-state index in [1.54, 1.807) is 0 Å². The zero-order valence-corrected chi connectivity index (χ0v) is 20.7. The van der Waals surface area contributed by atoms with Crippen molar-refractivity contribution >= 4 is 29.8 Å². The summed E-state index contributed by atoms with van der Waals surface area (Å²) in [6.45, 7) is 2.12. The van der Waals surface area contributed by atoms with Crippen LogP contribution in [0.25, 0.3) is 0 Å². The second kappa shape index (κ2) is 12.0. The second-order valence-electron chi connectivity index (χ2n) is 9.90. The van der Waals surface area contributed by atoms with Gasteiger partial charge in [0.2, 0.25) is 5.91 Å². The van der Waals surface area contributed by atoms with E-state index in [9.17, 15) is 22.8 Å². The molecule has 10 heteroatoms. The van der Waals surface area contributed by atoms with Gasteiger partial charge in [-0.2, -0.15) is 0 Å². The first-order valence-electron chi connectivity index (χ1n) is 12.7. The molecule has 0 aromatic rings. The van der Waals surface area contributed by atoms with E-state index in [2.05, 4.69) is 15.0 Å². The molecule has 6 nitrogen and oxygen atoms in total. The minimum atomic E-state index is -4.60. The maximum atomic E-state index is 12.8. The summed E-state index contributed by atoms with van der Waals surface area (Å²) in [7, 11) is 0. The molecule has 3 aliphatic heterocycles. The molecular weight excluding hydrogens is 479 g/mol. The average molecular weight is 514 g/mol. The fraction of sp³-hybridized carbons (Fsp3) is 0.720. The van der Waals surface area contributed by atoms with Gasteiger partial charge in [-0.05, 0) is 57.3 Å². The molecule has 1 saturated heterocycles. The summed E-state index contributed by atoms with van der Waals surface area (Å²) in [6.07, 6.45) is 7.68. The number of unbranched alkanes of at least 4 members (excludes halogenated alkanes) is 1. The van der Waals surface area contributed by atoms with Crippen molar-refractivity contribution in [3.63, 3.8) is 0 Å². The molecule has 0 bridgehead atoms. The Morgan fingerprint density at radius 3 is 2.54 bits per heavy atom. The number of likely N-dealkylation sites (tertiary alicyclic amines) is 1. The van der Waals surface area contributed by atoms with Crippen LogP contribution in [-0.2, 0) is 14.3 Å². The predicted octanol–water partition coefficient (Wildman–Crippen LogP) is 5.17. The molecule has 2 amide bonds. The smallest absolute Gasteiger partial charge is 0.352 e. The molecule has 35 heavy (non-hydrogen) atoms. The number of nitrogens with one attached hydrogen (secondary N) is 1. The molecule has 1 saturated carbocycles. The van der Waals surface area contributed by atoms with Crippen LogP contribution in [0.2, 0.25) is 0 Å². The molecule has 1 unspecified atom stereocenters. The fourth-order valence-corrected chi connectivity index (χ4v) is 6.47. The van der Waals surface area contributed by atoms with Crippen molar-refractivity contribution < 1.29 is 27.5 Å². The molecule has 0 radical (unpaired) electrons. The van der Waals surface area contributed by atoms with E-state index >= 15 is 0 Å². The van der Waals surface area contributed by atoms with Gasteiger partial charge in [-0.1, -0.05) is 30.7 Å². The number of rotatable bonds is 8. The molecule has 194 valence electrons. The summed E-state index contributed by atoms with van der Waals surface area (Å²) in [5.41, 5.74) is 0. The van der Waals surface area contributed by atoms with Crippen LogP contribution in [-0.4, -0.2) is 55.0 Å². The Hall–Kier alpha value is -1.81. The van der Waals surface area contributed by atoms with Gasteiger partial charge in [-0.3, -0.25) is 19.3 Å². The maximum absolute atomic E-state index is 12.8. The third-order valence-electron chi connectivity index (χ3n) is 7.41. The van der Waals surface area contributed by atoms with Crippen LogP contribution in [0.15, 0.2) is 27.1 Å². The van der Waals surface area contributed by atoms with Crippen LogP contribution in [0, 0.1) is 17.8 Å². The number of hydrogen-bond acceptors (Lipinski definition) is 5. The lowest BCUT2D eigenvalue weighted by atomic mass is 9.85. The summed E-state index contributed by atoms with van der Waals surface area (Å²) < 4.78 is 41.3. The molecular formula is C25H34F3N3O3S. The Balaban J connectivity index is 1.06. The SMILES string of the molecule is O=C(NCCCCC1CCN(C(=O)C2CCC(OC(F)(F)F)CC2)CC1)C1=CC2CC=NC=C2S1. The Morgan fingerprint density at radius 1 is 1.11 bits per heavy atom. The Labute approximate surface area is 208 Å². The lowest BCUT2D eigenvalue weighted by molar-refractivity contribution is -0.345. The van der Waals surface area contributed by atoms with E-state index in [-0.39, 0.29) is 30.6 Å². The number of nitrogens with zero attached hydrogens (tertiary/aromatic N) is 2. The molecule has 4 aliphatic rings. The number of carbonyl (C=O) groups is 2. The van der Waals surface area contributed by atoms with Crippen molar-refractivity contribution in [3.05, 3.63) is 22.1 Å². The largest absolute Gasteiger partial charge is 0.522 e. The van der Waals surface area contributed by atoms with Crippen LogP contribution in [0.5, 0.6) is 0 Å². The van der Waals surface area contributed by atoms with Gasteiger partial charge in [-0.25, -0.2) is 0 Å². The van der Waals surface area contributed by atoms with E-state index in [1.807, 2.05) is 23.4 Å². The monoisotopic (exact) mass is 513 g/mol. The standard InChI is InChI=1S/C25H34F3N3O3S/c26-25(27,28)34-20-6-4-18(5-7-20)24(33)31-13-9-17(10-14-31)3-1-2-11-30-23(32)21-15-19-8-12-29-16-22(19)35-21/h12,15-20H,1-11,13-14H2,(H,30,32). The number of halogens is 3. The number of aliphatic imine (C=N–C) groups is 1. The minimum Gasteiger partial charge on any atom is -0.352 e. The van der Waals surface area contributed by atoms with Gasteiger partial charge < -0.3 is 10.2 Å². The number of piperidine rings is 1. The van der Waals surface area contributed by atoms with Crippen LogP contribution in [0.3, 0.4) is 0 Å². The van der Waals surface area contributed by atoms with Crippen molar-refractivity contribution in [2.24, 2.45) is 22.7 Å². The Morgan fingerprint density at radius 2 is 1.86 bits per heavy atom. The third kappa shape index (κ3) is 7.59. The van der Waals surface area contributed by atoms with Gasteiger partial charge in [0, 0.05) is 48.8 Å². The van der Waals surface area contributed by atoms with Gasteiger partial charge >= 0.3 is 6.36 Å². The quantitative estimate of drug-likeness (QED) is 0.455. The summed E-state index contributed by atoms with van der Waals surface area (Å²) in [4.78, 5) is 33.2. The molecule has 1 N–H and O–H groups in total. The first kappa shape index (κ1) is 26.3. The van der Waals surface area contributed by atoms with Crippen molar-refractivity contribution in [2.75, 3.05) is 19.6 Å². The highest BCUT2D eigenvalue weighted by molar-refractivity contribution is 8.07. The second-order valence-corrected chi connectivity index (χ2v) is 11.0. The predicted molar refractivity (Wildman–Crippen MR) is 129 cm³/mol. The first-order valence-corrected chi connectivity index (χ1v) is 13.5. The highest BCUT2D eigenvalue weighted by Crippen LogP contribution is 2.42. The molecule has 2 fully saturated rings. The molecule has 3 heterocycles. The summed E-state index contributed by atoms with van der Waals surface area (Å²) >= 11 is 1.52. The highest BCUT2D eigenvalue weighted by Gasteiger charge is 2.37. The van der Waals surface area contributed by atoms with E-state index in [0.717, 1.165) is 61.4 Å². The summed E-state index contributed by atoms with van der Waals surface area (Å²) in [5, 5.41) is 3.03. The maximum Gasteiger partial charge on any atom is 0.522 e.